The lowest BCUT2D eigenvalue weighted by Gasteiger charge is -2.43. The molecule has 3 heteroatoms. The van der Waals surface area contributed by atoms with E-state index in [4.69, 9.17) is 0 Å². The number of anilines is 1. The summed E-state index contributed by atoms with van der Waals surface area (Å²) in [4.78, 5) is 16.5. The van der Waals surface area contributed by atoms with E-state index >= 15 is 0 Å². The summed E-state index contributed by atoms with van der Waals surface area (Å²) in [5.41, 5.74) is 2.15. The molecule has 3 nitrogen and oxygen atoms in total. The first-order valence-corrected chi connectivity index (χ1v) is 6.99. The van der Waals surface area contributed by atoms with Gasteiger partial charge in [0.25, 0.3) is 0 Å². The van der Waals surface area contributed by atoms with Crippen LogP contribution in [-0.2, 0) is 0 Å². The molecule has 0 N–H and O–H groups in total. The lowest BCUT2D eigenvalue weighted by atomic mass is 10.0. The van der Waals surface area contributed by atoms with Gasteiger partial charge in [0.05, 0.1) is 0 Å². The van der Waals surface area contributed by atoms with E-state index in [9.17, 15) is 4.79 Å². The molecule has 104 valence electrons. The van der Waals surface area contributed by atoms with Gasteiger partial charge in [-0.05, 0) is 39.8 Å². The maximum absolute atomic E-state index is 11.7. The second-order valence-corrected chi connectivity index (χ2v) is 6.22. The minimum absolute atomic E-state index is 0.147. The molecule has 1 aliphatic heterocycles. The van der Waals surface area contributed by atoms with Crippen molar-refractivity contribution in [2.45, 2.75) is 33.2 Å². The number of benzene rings is 1. The van der Waals surface area contributed by atoms with E-state index in [1.807, 2.05) is 18.2 Å². The summed E-state index contributed by atoms with van der Waals surface area (Å²) in [6.45, 7) is 12.5. The number of para-hydroxylation sites is 1. The Hall–Kier alpha value is -1.35. The molecule has 0 unspecified atom stereocenters. The Labute approximate surface area is 116 Å². The number of Topliss-reactive ketones (excluding diaryl/α,β-unsaturated/α-hetero) is 1. The molecule has 0 saturated carbocycles. The molecule has 1 aromatic rings. The van der Waals surface area contributed by atoms with Gasteiger partial charge in [0, 0.05) is 43.0 Å². The van der Waals surface area contributed by atoms with Crippen molar-refractivity contribution in [2.24, 2.45) is 0 Å². The first-order chi connectivity index (χ1) is 8.89. The minimum Gasteiger partial charge on any atom is -0.368 e. The number of hydrogen-bond acceptors (Lipinski definition) is 3. The van der Waals surface area contributed by atoms with E-state index in [1.54, 1.807) is 6.92 Å². The van der Waals surface area contributed by atoms with Crippen LogP contribution in [0.15, 0.2) is 24.3 Å². The van der Waals surface area contributed by atoms with Crippen LogP contribution in [0.5, 0.6) is 0 Å². The van der Waals surface area contributed by atoms with Crippen LogP contribution in [0.25, 0.3) is 0 Å². The van der Waals surface area contributed by atoms with Gasteiger partial charge in [-0.25, -0.2) is 0 Å². The molecule has 1 aromatic carbocycles. The molecular formula is C16H24N2O. The quantitative estimate of drug-likeness (QED) is 0.764. The summed E-state index contributed by atoms with van der Waals surface area (Å²) in [7, 11) is 0. The maximum atomic E-state index is 11.7. The van der Waals surface area contributed by atoms with Gasteiger partial charge in [0.1, 0.15) is 0 Å². The fourth-order valence-electron chi connectivity index (χ4n) is 2.67. The molecule has 0 atom stereocenters. The van der Waals surface area contributed by atoms with Crippen LogP contribution < -0.4 is 4.90 Å². The van der Waals surface area contributed by atoms with Crippen LogP contribution in [0.1, 0.15) is 38.1 Å². The molecular weight excluding hydrogens is 236 g/mol. The third-order valence-electron chi connectivity index (χ3n) is 3.85. The molecule has 19 heavy (non-hydrogen) atoms. The van der Waals surface area contributed by atoms with Crippen LogP contribution >= 0.6 is 0 Å². The predicted octanol–water partition coefficient (Wildman–Crippen LogP) is 2.81. The third kappa shape index (κ3) is 3.16. The molecule has 1 fully saturated rings. The Morgan fingerprint density at radius 2 is 1.63 bits per heavy atom. The molecule has 0 radical (unpaired) electrons. The predicted molar refractivity (Wildman–Crippen MR) is 80.0 cm³/mol. The van der Waals surface area contributed by atoms with Crippen LogP contribution in [0, 0.1) is 0 Å². The lowest BCUT2D eigenvalue weighted by Crippen LogP contribution is -2.53. The van der Waals surface area contributed by atoms with E-state index < -0.39 is 0 Å². The second-order valence-electron chi connectivity index (χ2n) is 6.22. The van der Waals surface area contributed by atoms with Crippen molar-refractivity contribution in [3.8, 4) is 0 Å². The van der Waals surface area contributed by atoms with Crippen molar-refractivity contribution in [3.63, 3.8) is 0 Å². The van der Waals surface area contributed by atoms with Crippen molar-refractivity contribution in [1.29, 1.82) is 0 Å². The lowest BCUT2D eigenvalue weighted by molar-refractivity contribution is 0.101. The van der Waals surface area contributed by atoms with E-state index in [2.05, 4.69) is 36.6 Å². The van der Waals surface area contributed by atoms with Crippen LogP contribution in [0.3, 0.4) is 0 Å². The summed E-state index contributed by atoms with van der Waals surface area (Å²) in [6.07, 6.45) is 0. The van der Waals surface area contributed by atoms with Gasteiger partial charge >= 0.3 is 0 Å². The van der Waals surface area contributed by atoms with Crippen LogP contribution in [0.4, 0.5) is 5.69 Å². The SMILES string of the molecule is CC(=O)c1ccccc1N1CCN(C(C)(C)C)CC1. The average Bonchev–Trinajstić information content (AvgIpc) is 2.38. The van der Waals surface area contributed by atoms with Gasteiger partial charge in [0.15, 0.2) is 5.78 Å². The zero-order chi connectivity index (χ0) is 14.0. The highest BCUT2D eigenvalue weighted by atomic mass is 16.1. The minimum atomic E-state index is 0.147. The van der Waals surface area contributed by atoms with E-state index in [0.29, 0.717) is 0 Å². The number of carbonyl (C=O) groups is 1. The van der Waals surface area contributed by atoms with Crippen molar-refractivity contribution in [3.05, 3.63) is 29.8 Å². The number of carbonyl (C=O) groups excluding carboxylic acids is 1. The molecule has 0 aromatic heterocycles. The number of ketones is 1. The molecule has 0 bridgehead atoms. The van der Waals surface area contributed by atoms with Gasteiger partial charge in [-0.2, -0.15) is 0 Å². The Kier molecular flexibility index (Phi) is 3.95. The fraction of sp³-hybridized carbons (Fsp3) is 0.562. The summed E-state index contributed by atoms with van der Waals surface area (Å²) in [6, 6.07) is 7.93. The molecule has 0 spiro atoms. The Balaban J connectivity index is 2.12. The number of piperazine rings is 1. The van der Waals surface area contributed by atoms with Gasteiger partial charge < -0.3 is 4.90 Å². The highest BCUT2D eigenvalue weighted by Crippen LogP contribution is 2.24. The van der Waals surface area contributed by atoms with Crippen LogP contribution in [-0.4, -0.2) is 42.4 Å². The third-order valence-corrected chi connectivity index (χ3v) is 3.85. The average molecular weight is 260 g/mol. The molecule has 0 amide bonds. The van der Waals surface area contributed by atoms with Gasteiger partial charge in [-0.1, -0.05) is 12.1 Å². The fourth-order valence-corrected chi connectivity index (χ4v) is 2.67. The number of hydrogen-bond donors (Lipinski definition) is 0. The zero-order valence-corrected chi connectivity index (χ0v) is 12.4. The maximum Gasteiger partial charge on any atom is 0.161 e. The largest absolute Gasteiger partial charge is 0.368 e. The smallest absolute Gasteiger partial charge is 0.161 e. The summed E-state index contributed by atoms with van der Waals surface area (Å²) < 4.78 is 0. The van der Waals surface area contributed by atoms with E-state index in [-0.39, 0.29) is 11.3 Å². The van der Waals surface area contributed by atoms with E-state index in [0.717, 1.165) is 37.4 Å². The normalized spacial score (nSPS) is 17.6. The summed E-state index contributed by atoms with van der Waals surface area (Å²) in [5, 5.41) is 0. The molecule has 0 aliphatic carbocycles. The van der Waals surface area contributed by atoms with Gasteiger partial charge in [0.2, 0.25) is 0 Å². The summed E-state index contributed by atoms with van der Waals surface area (Å²) in [5.74, 6) is 0.147. The number of nitrogens with zero attached hydrogens (tertiary/aromatic N) is 2. The molecule has 2 rings (SSSR count). The van der Waals surface area contributed by atoms with E-state index in [1.165, 1.54) is 0 Å². The monoisotopic (exact) mass is 260 g/mol. The van der Waals surface area contributed by atoms with Crippen molar-refractivity contribution in [1.82, 2.24) is 4.90 Å². The van der Waals surface area contributed by atoms with Crippen LogP contribution in [0.2, 0.25) is 0 Å². The van der Waals surface area contributed by atoms with Crippen molar-refractivity contribution in [2.75, 3.05) is 31.1 Å². The van der Waals surface area contributed by atoms with Gasteiger partial charge in [-0.3, -0.25) is 9.69 Å². The highest BCUT2D eigenvalue weighted by molar-refractivity contribution is 5.99. The molecule has 1 heterocycles. The van der Waals surface area contributed by atoms with Gasteiger partial charge in [-0.15, -0.1) is 0 Å². The highest BCUT2D eigenvalue weighted by Gasteiger charge is 2.26. The topological polar surface area (TPSA) is 23.6 Å². The first-order valence-electron chi connectivity index (χ1n) is 6.99. The Morgan fingerprint density at radius 3 is 2.16 bits per heavy atom. The standard InChI is InChI=1S/C16H24N2O/c1-13(19)14-7-5-6-8-15(14)17-9-11-18(12-10-17)16(2,3)4/h5-8H,9-12H2,1-4H3. The van der Waals surface area contributed by atoms with Crippen molar-refractivity contribution < 1.29 is 4.79 Å². The number of rotatable bonds is 2. The zero-order valence-electron chi connectivity index (χ0n) is 12.4. The molecule has 1 saturated heterocycles. The molecule has 1 aliphatic rings. The second kappa shape index (κ2) is 5.33. The Bertz CT molecular complexity index is 454. The first kappa shape index (κ1) is 14.1. The summed E-state index contributed by atoms with van der Waals surface area (Å²) >= 11 is 0. The Morgan fingerprint density at radius 1 is 1.05 bits per heavy atom. The van der Waals surface area contributed by atoms with Crippen molar-refractivity contribution >= 4 is 11.5 Å².